The molecule has 1 nitrogen and oxygen atoms in total. The molecule has 0 aromatic carbocycles. The maximum atomic E-state index is 13.0. The Morgan fingerprint density at radius 2 is 2.10 bits per heavy atom. The van der Waals surface area contributed by atoms with Crippen molar-refractivity contribution in [2.24, 2.45) is 11.3 Å². The van der Waals surface area contributed by atoms with Crippen LogP contribution in [0.2, 0.25) is 0 Å². The summed E-state index contributed by atoms with van der Waals surface area (Å²) in [5.74, 6) is 0.189. The van der Waals surface area contributed by atoms with Gasteiger partial charge in [0.2, 0.25) is 0 Å². The van der Waals surface area contributed by atoms with Gasteiger partial charge in [-0.15, -0.1) is 0 Å². The normalized spacial score (nSPS) is 39.6. The van der Waals surface area contributed by atoms with Gasteiger partial charge in [-0.25, -0.2) is 4.39 Å². The fraction of sp³-hybridized carbons (Fsp3) is 1.00. The first kappa shape index (κ1) is 7.99. The molecule has 1 aliphatic heterocycles. The lowest BCUT2D eigenvalue weighted by molar-refractivity contribution is 0.0760. The molecule has 0 amide bonds. The molecule has 0 aromatic heterocycles. The van der Waals surface area contributed by atoms with Gasteiger partial charge in [0.05, 0.1) is 0 Å². The van der Waals surface area contributed by atoms with E-state index in [1.165, 1.54) is 0 Å². The molecule has 2 heteroatoms. The van der Waals surface area contributed by atoms with Gasteiger partial charge in [-0.05, 0) is 11.3 Å². The molecule has 0 saturated carbocycles. The minimum atomic E-state index is -0.663. The van der Waals surface area contributed by atoms with Gasteiger partial charge in [-0.3, -0.25) is 0 Å². The molecule has 60 valence electrons. The first-order chi connectivity index (χ1) is 4.54. The molecule has 0 aromatic rings. The fourth-order valence-corrected chi connectivity index (χ4v) is 1.36. The zero-order chi connectivity index (χ0) is 7.78. The van der Waals surface area contributed by atoms with E-state index < -0.39 is 6.17 Å². The average molecular weight is 145 g/mol. The summed E-state index contributed by atoms with van der Waals surface area (Å²) in [4.78, 5) is 0. The van der Waals surface area contributed by atoms with Gasteiger partial charge >= 0.3 is 0 Å². The van der Waals surface area contributed by atoms with Gasteiger partial charge < -0.3 is 5.32 Å². The number of hydrogen-bond donors (Lipinski definition) is 1. The summed E-state index contributed by atoms with van der Waals surface area (Å²) in [5, 5.41) is 3.08. The van der Waals surface area contributed by atoms with Crippen LogP contribution in [0.25, 0.3) is 0 Å². The molecule has 10 heavy (non-hydrogen) atoms. The van der Waals surface area contributed by atoms with Gasteiger partial charge in [0.1, 0.15) is 6.17 Å². The second-order valence-corrected chi connectivity index (χ2v) is 3.92. The van der Waals surface area contributed by atoms with Gasteiger partial charge in [-0.2, -0.15) is 0 Å². The predicted octanol–water partition coefficient (Wildman–Crippen LogP) is 1.59. The van der Waals surface area contributed by atoms with E-state index in [2.05, 4.69) is 19.2 Å². The first-order valence-electron chi connectivity index (χ1n) is 3.89. The Hall–Kier alpha value is -0.110. The highest BCUT2D eigenvalue weighted by molar-refractivity contribution is 4.88. The maximum absolute atomic E-state index is 13.0. The Morgan fingerprint density at radius 1 is 1.50 bits per heavy atom. The van der Waals surface area contributed by atoms with Crippen molar-refractivity contribution < 1.29 is 4.39 Å². The van der Waals surface area contributed by atoms with Crippen LogP contribution >= 0.6 is 0 Å². The van der Waals surface area contributed by atoms with E-state index in [-0.39, 0.29) is 11.3 Å². The summed E-state index contributed by atoms with van der Waals surface area (Å²) in [7, 11) is 0. The molecule has 1 rings (SSSR count). The highest BCUT2D eigenvalue weighted by Gasteiger charge is 2.35. The van der Waals surface area contributed by atoms with Crippen molar-refractivity contribution in [3.8, 4) is 0 Å². The summed E-state index contributed by atoms with van der Waals surface area (Å²) in [6, 6.07) is 0. The minimum absolute atomic E-state index is 0.123. The topological polar surface area (TPSA) is 12.0 Å². The summed E-state index contributed by atoms with van der Waals surface area (Å²) < 4.78 is 13.0. The number of hydrogen-bond acceptors (Lipinski definition) is 1. The zero-order valence-corrected chi connectivity index (χ0v) is 6.95. The summed E-state index contributed by atoms with van der Waals surface area (Å²) in [5.41, 5.74) is 0.123. The van der Waals surface area contributed by atoms with Crippen LogP contribution in [0.5, 0.6) is 0 Å². The molecule has 1 fully saturated rings. The highest BCUT2D eigenvalue weighted by atomic mass is 19.1. The lowest BCUT2D eigenvalue weighted by Gasteiger charge is -2.39. The highest BCUT2D eigenvalue weighted by Crippen LogP contribution is 2.32. The Bertz CT molecular complexity index is 122. The molecule has 0 radical (unpaired) electrons. The van der Waals surface area contributed by atoms with E-state index >= 15 is 0 Å². The van der Waals surface area contributed by atoms with Crippen LogP contribution in [-0.4, -0.2) is 19.3 Å². The van der Waals surface area contributed by atoms with Gasteiger partial charge in [0, 0.05) is 13.1 Å². The van der Waals surface area contributed by atoms with Crippen molar-refractivity contribution in [1.29, 1.82) is 0 Å². The Balaban J connectivity index is 2.60. The van der Waals surface area contributed by atoms with Crippen LogP contribution in [0.4, 0.5) is 4.39 Å². The van der Waals surface area contributed by atoms with Crippen LogP contribution in [0.3, 0.4) is 0 Å². The summed E-state index contributed by atoms with van der Waals surface area (Å²) in [6.07, 6.45) is -0.663. The monoisotopic (exact) mass is 145 g/mol. The van der Waals surface area contributed by atoms with Gasteiger partial charge in [0.15, 0.2) is 0 Å². The van der Waals surface area contributed by atoms with Crippen LogP contribution in [0.1, 0.15) is 20.8 Å². The SMILES string of the molecule is CC1C(F)CNCC1(C)C. The molecule has 1 heterocycles. The largest absolute Gasteiger partial charge is 0.313 e. The molecule has 2 atom stereocenters. The van der Waals surface area contributed by atoms with Crippen LogP contribution < -0.4 is 5.32 Å². The van der Waals surface area contributed by atoms with Crippen molar-refractivity contribution >= 4 is 0 Å². The van der Waals surface area contributed by atoms with Crippen molar-refractivity contribution in [3.05, 3.63) is 0 Å². The number of alkyl halides is 1. The number of piperidine rings is 1. The van der Waals surface area contributed by atoms with Gasteiger partial charge in [0.25, 0.3) is 0 Å². The first-order valence-corrected chi connectivity index (χ1v) is 3.89. The van der Waals surface area contributed by atoms with E-state index in [1.807, 2.05) is 6.92 Å². The molecule has 1 N–H and O–H groups in total. The Labute approximate surface area is 62.0 Å². The standard InChI is InChI=1S/C8H16FN/c1-6-7(9)4-10-5-8(6,2)3/h6-7,10H,4-5H2,1-3H3. The predicted molar refractivity (Wildman–Crippen MR) is 40.7 cm³/mol. The molecule has 0 bridgehead atoms. The Morgan fingerprint density at radius 3 is 2.50 bits per heavy atom. The number of rotatable bonds is 0. The van der Waals surface area contributed by atoms with E-state index in [9.17, 15) is 4.39 Å². The molecule has 1 aliphatic rings. The maximum Gasteiger partial charge on any atom is 0.116 e. The van der Waals surface area contributed by atoms with E-state index in [4.69, 9.17) is 0 Å². The van der Waals surface area contributed by atoms with Gasteiger partial charge in [-0.1, -0.05) is 20.8 Å². The van der Waals surface area contributed by atoms with E-state index in [0.717, 1.165) is 6.54 Å². The number of halogens is 1. The fourth-order valence-electron chi connectivity index (χ4n) is 1.36. The lowest BCUT2D eigenvalue weighted by Crippen LogP contribution is -2.48. The van der Waals surface area contributed by atoms with Crippen LogP contribution in [0, 0.1) is 11.3 Å². The van der Waals surface area contributed by atoms with Crippen molar-refractivity contribution in [1.82, 2.24) is 5.32 Å². The third kappa shape index (κ3) is 1.31. The second kappa shape index (κ2) is 2.50. The Kier molecular flexibility index (Phi) is 1.99. The van der Waals surface area contributed by atoms with Crippen molar-refractivity contribution in [2.75, 3.05) is 13.1 Å². The molecule has 0 aliphatic carbocycles. The summed E-state index contributed by atoms with van der Waals surface area (Å²) in [6.45, 7) is 7.68. The van der Waals surface area contributed by atoms with E-state index in [0.29, 0.717) is 6.54 Å². The summed E-state index contributed by atoms with van der Waals surface area (Å²) >= 11 is 0. The second-order valence-electron chi connectivity index (χ2n) is 3.92. The molecule has 1 saturated heterocycles. The van der Waals surface area contributed by atoms with Crippen molar-refractivity contribution in [3.63, 3.8) is 0 Å². The molecular weight excluding hydrogens is 129 g/mol. The van der Waals surface area contributed by atoms with Crippen molar-refractivity contribution in [2.45, 2.75) is 26.9 Å². The van der Waals surface area contributed by atoms with Crippen LogP contribution in [-0.2, 0) is 0 Å². The van der Waals surface area contributed by atoms with E-state index in [1.54, 1.807) is 0 Å². The minimum Gasteiger partial charge on any atom is -0.313 e. The smallest absolute Gasteiger partial charge is 0.116 e. The lowest BCUT2D eigenvalue weighted by atomic mass is 9.75. The van der Waals surface area contributed by atoms with Crippen LogP contribution in [0.15, 0.2) is 0 Å². The quantitative estimate of drug-likeness (QED) is 0.546. The third-order valence-electron chi connectivity index (χ3n) is 2.70. The molecular formula is C8H16FN. The number of nitrogens with one attached hydrogen (secondary N) is 1. The third-order valence-corrected chi connectivity index (χ3v) is 2.70. The molecule has 2 unspecified atom stereocenters. The molecule has 0 spiro atoms. The average Bonchev–Trinajstić information content (AvgIpc) is 1.83. The zero-order valence-electron chi connectivity index (χ0n) is 6.95.